The van der Waals surface area contributed by atoms with Gasteiger partial charge in [-0.25, -0.2) is 0 Å². The summed E-state index contributed by atoms with van der Waals surface area (Å²) in [7, 11) is 0. The van der Waals surface area contributed by atoms with Gasteiger partial charge in [0.1, 0.15) is 23.7 Å². The third-order valence-electron chi connectivity index (χ3n) is 3.91. The van der Waals surface area contributed by atoms with Gasteiger partial charge < -0.3 is 30.6 Å². The first-order valence-electron chi connectivity index (χ1n) is 8.10. The predicted molar refractivity (Wildman–Crippen MR) is 103 cm³/mol. The molecule has 0 radical (unpaired) electrons. The van der Waals surface area contributed by atoms with E-state index >= 15 is 0 Å². The highest BCUT2D eigenvalue weighted by molar-refractivity contribution is 6.23. The van der Waals surface area contributed by atoms with E-state index in [0.29, 0.717) is 11.1 Å². The number of benzene rings is 2. The first-order chi connectivity index (χ1) is 12.7. The van der Waals surface area contributed by atoms with E-state index in [2.05, 4.69) is 0 Å². The Morgan fingerprint density at radius 3 is 1.63 bits per heavy atom. The normalized spacial score (nSPS) is 18.4. The van der Waals surface area contributed by atoms with E-state index in [1.807, 2.05) is 0 Å². The number of rotatable bonds is 7. The lowest BCUT2D eigenvalue weighted by Crippen LogP contribution is -2.53. The molecule has 0 saturated carbocycles. The van der Waals surface area contributed by atoms with Gasteiger partial charge in [0.25, 0.3) is 0 Å². The summed E-state index contributed by atoms with van der Waals surface area (Å²) in [5.41, 5.74) is 1.05. The number of hydrogen-bond acceptors (Lipinski definition) is 6. The minimum atomic E-state index is -2.87. The molecule has 144 valence electrons. The van der Waals surface area contributed by atoms with E-state index in [4.69, 9.17) is 11.6 Å². The molecule has 27 heavy (non-hydrogen) atoms. The highest BCUT2D eigenvalue weighted by Gasteiger charge is 2.47. The van der Waals surface area contributed by atoms with Crippen molar-refractivity contribution in [2.45, 2.75) is 23.4 Å². The third-order valence-corrected chi connectivity index (χ3v) is 4.34. The SMILES string of the molecule is OC(=Cc1ccccc1)[C@@H](O)[C@](O)(Cl)[C@H](O)[C@@H](O)C(O)=Cc1ccccc1. The van der Waals surface area contributed by atoms with Crippen molar-refractivity contribution in [1.29, 1.82) is 0 Å². The largest absolute Gasteiger partial charge is 0.509 e. The first-order valence-corrected chi connectivity index (χ1v) is 8.48. The molecule has 2 aromatic rings. The fraction of sp³-hybridized carbons (Fsp3) is 0.200. The summed E-state index contributed by atoms with van der Waals surface area (Å²) >= 11 is 5.80. The van der Waals surface area contributed by atoms with Gasteiger partial charge in [-0.15, -0.1) is 0 Å². The molecule has 0 amide bonds. The maximum Gasteiger partial charge on any atom is 0.200 e. The van der Waals surface area contributed by atoms with Gasteiger partial charge in [-0.05, 0) is 23.3 Å². The molecule has 6 N–H and O–H groups in total. The minimum Gasteiger partial charge on any atom is -0.509 e. The molecular formula is C20H21ClO6. The maximum atomic E-state index is 10.3. The van der Waals surface area contributed by atoms with Gasteiger partial charge in [0.2, 0.25) is 5.06 Å². The van der Waals surface area contributed by atoms with E-state index in [1.165, 1.54) is 6.08 Å². The fourth-order valence-corrected chi connectivity index (χ4v) is 2.59. The molecule has 0 aliphatic carbocycles. The molecule has 0 unspecified atom stereocenters. The van der Waals surface area contributed by atoms with Gasteiger partial charge in [0.05, 0.1) is 0 Å². The second-order valence-corrected chi connectivity index (χ2v) is 6.59. The van der Waals surface area contributed by atoms with Crippen LogP contribution in [0.4, 0.5) is 0 Å². The molecule has 0 aliphatic rings. The van der Waals surface area contributed by atoms with E-state index in [-0.39, 0.29) is 0 Å². The highest BCUT2D eigenvalue weighted by Crippen LogP contribution is 2.29. The van der Waals surface area contributed by atoms with Gasteiger partial charge in [-0.3, -0.25) is 0 Å². The number of hydrogen-bond donors (Lipinski definition) is 6. The highest BCUT2D eigenvalue weighted by atomic mass is 35.5. The zero-order chi connectivity index (χ0) is 20.0. The second-order valence-electron chi connectivity index (χ2n) is 5.98. The van der Waals surface area contributed by atoms with Crippen molar-refractivity contribution in [2.75, 3.05) is 0 Å². The molecule has 6 nitrogen and oxygen atoms in total. The van der Waals surface area contributed by atoms with Crippen LogP contribution >= 0.6 is 11.6 Å². The summed E-state index contributed by atoms with van der Waals surface area (Å²) in [5.74, 6) is -1.40. The second kappa shape index (κ2) is 9.03. The number of halogens is 1. The average molecular weight is 393 g/mol. The van der Waals surface area contributed by atoms with Crippen molar-refractivity contribution in [3.8, 4) is 0 Å². The third kappa shape index (κ3) is 5.32. The van der Waals surface area contributed by atoms with Crippen LogP contribution in [0.5, 0.6) is 0 Å². The van der Waals surface area contributed by atoms with Crippen molar-refractivity contribution in [3.63, 3.8) is 0 Å². The van der Waals surface area contributed by atoms with Crippen molar-refractivity contribution < 1.29 is 30.6 Å². The molecule has 7 heteroatoms. The maximum absolute atomic E-state index is 10.3. The summed E-state index contributed by atoms with van der Waals surface area (Å²) in [6, 6.07) is 16.9. The smallest absolute Gasteiger partial charge is 0.200 e. The number of aliphatic hydroxyl groups is 6. The lowest BCUT2D eigenvalue weighted by Gasteiger charge is -2.33. The average Bonchev–Trinajstić information content (AvgIpc) is 2.67. The number of aliphatic hydroxyl groups excluding tert-OH is 5. The van der Waals surface area contributed by atoms with Crippen LogP contribution in [0.2, 0.25) is 0 Å². The molecular weight excluding hydrogens is 372 g/mol. The van der Waals surface area contributed by atoms with Crippen LogP contribution in [0.15, 0.2) is 72.2 Å². The van der Waals surface area contributed by atoms with Crippen LogP contribution in [0.1, 0.15) is 11.1 Å². The van der Waals surface area contributed by atoms with Crippen LogP contribution in [0.25, 0.3) is 12.2 Å². The lowest BCUT2D eigenvalue weighted by atomic mass is 9.98. The van der Waals surface area contributed by atoms with Crippen molar-refractivity contribution in [1.82, 2.24) is 0 Å². The quantitative estimate of drug-likeness (QED) is 0.317. The van der Waals surface area contributed by atoms with Gasteiger partial charge in [-0.2, -0.15) is 0 Å². The van der Waals surface area contributed by atoms with E-state index in [9.17, 15) is 30.6 Å². The van der Waals surface area contributed by atoms with Gasteiger partial charge in [-0.1, -0.05) is 72.3 Å². The van der Waals surface area contributed by atoms with Gasteiger partial charge in [0, 0.05) is 0 Å². The summed E-state index contributed by atoms with van der Waals surface area (Å²) in [4.78, 5) is 0. The Labute approximate surface area is 161 Å². The zero-order valence-corrected chi connectivity index (χ0v) is 15.0. The van der Waals surface area contributed by atoms with Gasteiger partial charge >= 0.3 is 0 Å². The Morgan fingerprint density at radius 1 is 0.778 bits per heavy atom. The van der Waals surface area contributed by atoms with E-state index in [0.717, 1.165) is 6.08 Å². The molecule has 0 bridgehead atoms. The van der Waals surface area contributed by atoms with Crippen LogP contribution in [-0.2, 0) is 0 Å². The van der Waals surface area contributed by atoms with Crippen LogP contribution in [0.3, 0.4) is 0 Å². The van der Waals surface area contributed by atoms with Crippen LogP contribution < -0.4 is 0 Å². The standard InChI is InChI=1S/C20H21ClO6/c21-20(27,18(25)16(23)12-14-9-5-2-6-10-14)19(26)17(24)15(22)11-13-7-3-1-4-8-13/h1-12,17-19,22-27H/t17-,18+,19+,20+/m0/s1. The fourth-order valence-electron chi connectivity index (χ4n) is 2.36. The summed E-state index contributed by atoms with van der Waals surface area (Å²) in [5, 5.41) is 57.7. The monoisotopic (exact) mass is 392 g/mol. The summed E-state index contributed by atoms with van der Waals surface area (Å²) in [6.45, 7) is 0. The predicted octanol–water partition coefficient (Wildman–Crippen LogP) is 2.19. The van der Waals surface area contributed by atoms with Crippen molar-refractivity contribution in [2.24, 2.45) is 0 Å². The number of alkyl halides is 1. The topological polar surface area (TPSA) is 121 Å². The Kier molecular flexibility index (Phi) is 7.01. The molecule has 2 rings (SSSR count). The van der Waals surface area contributed by atoms with E-state index in [1.54, 1.807) is 60.7 Å². The Morgan fingerprint density at radius 2 is 1.19 bits per heavy atom. The molecule has 0 fully saturated rings. The molecule has 0 saturated heterocycles. The Bertz CT molecular complexity index is 789. The summed E-state index contributed by atoms with van der Waals surface area (Å²) in [6.07, 6.45) is -4.02. The van der Waals surface area contributed by atoms with Crippen molar-refractivity contribution in [3.05, 3.63) is 83.3 Å². The lowest BCUT2D eigenvalue weighted by molar-refractivity contribution is -0.125. The Hall–Kier alpha value is -2.35. The molecule has 0 heterocycles. The Balaban J connectivity index is 2.18. The van der Waals surface area contributed by atoms with Crippen LogP contribution in [0, 0.1) is 0 Å². The zero-order valence-electron chi connectivity index (χ0n) is 14.2. The minimum absolute atomic E-state index is 0.517. The summed E-state index contributed by atoms with van der Waals surface area (Å²) < 4.78 is 0. The molecule has 4 atom stereocenters. The van der Waals surface area contributed by atoms with Gasteiger partial charge in [0.15, 0.2) is 6.10 Å². The molecule has 2 aromatic carbocycles. The molecule has 0 aromatic heterocycles. The van der Waals surface area contributed by atoms with E-state index < -0.39 is 34.9 Å². The van der Waals surface area contributed by atoms with Crippen molar-refractivity contribution >= 4 is 23.8 Å². The first kappa shape index (κ1) is 21.0. The van der Waals surface area contributed by atoms with Crippen LogP contribution in [-0.4, -0.2) is 54.0 Å². The molecule has 0 aliphatic heterocycles. The molecule has 0 spiro atoms.